The van der Waals surface area contributed by atoms with Gasteiger partial charge in [0.05, 0.1) is 18.5 Å². The summed E-state index contributed by atoms with van der Waals surface area (Å²) in [6, 6.07) is 10.3. The number of amides is 1. The van der Waals surface area contributed by atoms with Crippen molar-refractivity contribution in [2.45, 2.75) is 11.1 Å². The Labute approximate surface area is 172 Å². The number of alkyl halides is 3. The lowest BCUT2D eigenvalue weighted by atomic mass is 10.2. The van der Waals surface area contributed by atoms with E-state index in [1.807, 2.05) is 0 Å². The van der Waals surface area contributed by atoms with Crippen molar-refractivity contribution in [3.05, 3.63) is 54.1 Å². The summed E-state index contributed by atoms with van der Waals surface area (Å²) < 4.78 is 68.7. The topological polar surface area (TPSA) is 96.5 Å². The Morgan fingerprint density at radius 3 is 2.40 bits per heavy atom. The zero-order chi connectivity index (χ0) is 22.4. The van der Waals surface area contributed by atoms with Crippen molar-refractivity contribution in [3.8, 4) is 5.75 Å². The summed E-state index contributed by atoms with van der Waals surface area (Å²) in [6.07, 6.45) is -1.90. The maximum Gasteiger partial charge on any atom is 0.405 e. The van der Waals surface area contributed by atoms with Crippen LogP contribution < -0.4 is 20.1 Å². The molecular weight excluding hydrogens is 423 g/mol. The fraction of sp³-hybridized carbons (Fsp3) is 0.211. The van der Waals surface area contributed by atoms with Crippen molar-refractivity contribution >= 4 is 33.4 Å². The highest BCUT2D eigenvalue weighted by molar-refractivity contribution is 7.89. The van der Waals surface area contributed by atoms with E-state index in [1.165, 1.54) is 50.6 Å². The van der Waals surface area contributed by atoms with E-state index in [0.717, 1.165) is 6.08 Å². The molecule has 1 amide bonds. The quantitative estimate of drug-likeness (QED) is 0.545. The Bertz CT molecular complexity index is 1040. The second-order valence-electron chi connectivity index (χ2n) is 5.95. The van der Waals surface area contributed by atoms with E-state index >= 15 is 0 Å². The largest absolute Gasteiger partial charge is 0.495 e. The lowest BCUT2D eigenvalue weighted by Gasteiger charge is -2.13. The lowest BCUT2D eigenvalue weighted by Crippen LogP contribution is -2.22. The molecule has 0 aromatic heterocycles. The standard InChI is InChI=1S/C19H20F3N3O4S/c1-23-30(27,28)17-11-13(7-9-16(17)29-2)8-10-18(26)25-15-6-4-3-5-14(15)24-12-19(20,21)22/h3-11,23-24H,12H2,1-2H3,(H,25,26)/b10-8+. The Balaban J connectivity index is 2.17. The van der Waals surface area contributed by atoms with Gasteiger partial charge in [-0.15, -0.1) is 0 Å². The lowest BCUT2D eigenvalue weighted by molar-refractivity contribution is -0.115. The summed E-state index contributed by atoms with van der Waals surface area (Å²) in [5.41, 5.74) is 0.691. The molecule has 2 rings (SSSR count). The number of sulfonamides is 1. The van der Waals surface area contributed by atoms with Gasteiger partial charge in [-0.25, -0.2) is 13.1 Å². The van der Waals surface area contributed by atoms with Gasteiger partial charge in [0, 0.05) is 6.08 Å². The predicted molar refractivity (Wildman–Crippen MR) is 108 cm³/mol. The third-order valence-corrected chi connectivity index (χ3v) is 5.27. The van der Waals surface area contributed by atoms with Gasteiger partial charge in [-0.3, -0.25) is 4.79 Å². The minimum absolute atomic E-state index is 0.100. The number of nitrogens with one attached hydrogen (secondary N) is 3. The Morgan fingerprint density at radius 1 is 1.13 bits per heavy atom. The zero-order valence-electron chi connectivity index (χ0n) is 16.1. The normalized spacial score (nSPS) is 12.0. The average molecular weight is 443 g/mol. The maximum absolute atomic E-state index is 12.4. The molecule has 7 nitrogen and oxygen atoms in total. The summed E-state index contributed by atoms with van der Waals surface area (Å²) >= 11 is 0. The molecular formula is C19H20F3N3O4S. The first-order chi connectivity index (χ1) is 14.1. The number of anilines is 2. The number of rotatable bonds is 8. The third kappa shape index (κ3) is 6.49. The molecule has 0 aliphatic rings. The van der Waals surface area contributed by atoms with E-state index in [9.17, 15) is 26.4 Å². The molecule has 0 fully saturated rings. The summed E-state index contributed by atoms with van der Waals surface area (Å²) in [5, 5.41) is 4.71. The molecule has 0 saturated carbocycles. The van der Waals surface area contributed by atoms with Crippen LogP contribution in [0.25, 0.3) is 6.08 Å². The SMILES string of the molecule is CNS(=O)(=O)c1cc(/C=C/C(=O)Nc2ccccc2NCC(F)(F)F)ccc1OC. The summed E-state index contributed by atoms with van der Waals surface area (Å²) in [4.78, 5) is 12.1. The van der Waals surface area contributed by atoms with Gasteiger partial charge < -0.3 is 15.4 Å². The Kier molecular flexibility index (Phi) is 7.46. The number of halogens is 3. The number of hydrogen-bond acceptors (Lipinski definition) is 5. The highest BCUT2D eigenvalue weighted by atomic mass is 32.2. The molecule has 0 aliphatic carbocycles. The van der Waals surface area contributed by atoms with Crippen LogP contribution in [0.4, 0.5) is 24.5 Å². The van der Waals surface area contributed by atoms with Gasteiger partial charge >= 0.3 is 6.18 Å². The number of hydrogen-bond donors (Lipinski definition) is 3. The van der Waals surface area contributed by atoms with Crippen LogP contribution in [0.2, 0.25) is 0 Å². The van der Waals surface area contributed by atoms with Gasteiger partial charge in [0.25, 0.3) is 0 Å². The van der Waals surface area contributed by atoms with Gasteiger partial charge in [0.2, 0.25) is 15.9 Å². The fourth-order valence-corrected chi connectivity index (χ4v) is 3.33. The van der Waals surface area contributed by atoms with Crippen LogP contribution in [0.15, 0.2) is 53.4 Å². The molecule has 0 aliphatic heterocycles. The van der Waals surface area contributed by atoms with E-state index in [2.05, 4.69) is 15.4 Å². The van der Waals surface area contributed by atoms with Gasteiger partial charge in [-0.1, -0.05) is 18.2 Å². The smallest absolute Gasteiger partial charge is 0.405 e. The fourth-order valence-electron chi connectivity index (χ4n) is 2.40. The minimum atomic E-state index is -4.41. The van der Waals surface area contributed by atoms with Crippen LogP contribution in [0.1, 0.15) is 5.56 Å². The molecule has 0 radical (unpaired) electrons. The highest BCUT2D eigenvalue weighted by Crippen LogP contribution is 2.26. The number of benzene rings is 2. The third-order valence-electron chi connectivity index (χ3n) is 3.84. The summed E-state index contributed by atoms with van der Waals surface area (Å²) in [7, 11) is -1.19. The van der Waals surface area contributed by atoms with Crippen molar-refractivity contribution in [1.29, 1.82) is 0 Å². The predicted octanol–water partition coefficient (Wildman–Crippen LogP) is 3.23. The van der Waals surface area contributed by atoms with Crippen molar-refractivity contribution in [1.82, 2.24) is 4.72 Å². The van der Waals surface area contributed by atoms with E-state index in [1.54, 1.807) is 12.1 Å². The van der Waals surface area contributed by atoms with Crippen molar-refractivity contribution in [2.24, 2.45) is 0 Å². The van der Waals surface area contributed by atoms with Crippen LogP contribution in [0.3, 0.4) is 0 Å². The zero-order valence-corrected chi connectivity index (χ0v) is 16.9. The van der Waals surface area contributed by atoms with Crippen LogP contribution in [-0.2, 0) is 14.8 Å². The second-order valence-corrected chi connectivity index (χ2v) is 7.81. The van der Waals surface area contributed by atoms with Gasteiger partial charge in [-0.05, 0) is 43.0 Å². The van der Waals surface area contributed by atoms with Crippen LogP contribution >= 0.6 is 0 Å². The molecule has 3 N–H and O–H groups in total. The number of para-hydroxylation sites is 2. The van der Waals surface area contributed by atoms with Crippen LogP contribution in [0.5, 0.6) is 5.75 Å². The molecule has 30 heavy (non-hydrogen) atoms. The molecule has 2 aromatic rings. The van der Waals surface area contributed by atoms with Crippen LogP contribution in [-0.4, -0.2) is 41.2 Å². The van der Waals surface area contributed by atoms with Crippen molar-refractivity contribution in [2.75, 3.05) is 31.3 Å². The monoisotopic (exact) mass is 443 g/mol. The molecule has 11 heteroatoms. The summed E-state index contributed by atoms with van der Waals surface area (Å²) in [5.74, 6) is -0.472. The van der Waals surface area contributed by atoms with Crippen LogP contribution in [0, 0.1) is 0 Å². The number of methoxy groups -OCH3 is 1. The van der Waals surface area contributed by atoms with E-state index in [0.29, 0.717) is 5.56 Å². The maximum atomic E-state index is 12.4. The molecule has 0 atom stereocenters. The average Bonchev–Trinajstić information content (AvgIpc) is 2.70. The first-order valence-electron chi connectivity index (χ1n) is 8.56. The molecule has 162 valence electrons. The number of carbonyl (C=O) groups is 1. The number of ether oxygens (including phenoxy) is 1. The Hall–Kier alpha value is -3.05. The Morgan fingerprint density at radius 2 is 1.80 bits per heavy atom. The van der Waals surface area contributed by atoms with Gasteiger partial charge in [0.15, 0.2) is 0 Å². The van der Waals surface area contributed by atoms with E-state index in [-0.39, 0.29) is 22.0 Å². The molecule has 0 unspecified atom stereocenters. The highest BCUT2D eigenvalue weighted by Gasteiger charge is 2.27. The summed E-state index contributed by atoms with van der Waals surface area (Å²) in [6.45, 7) is -1.25. The number of carbonyl (C=O) groups excluding carboxylic acids is 1. The molecule has 0 heterocycles. The molecule has 0 spiro atoms. The molecule has 0 saturated heterocycles. The van der Waals surface area contributed by atoms with Crippen molar-refractivity contribution < 1.29 is 31.1 Å². The molecule has 2 aromatic carbocycles. The van der Waals surface area contributed by atoms with Crippen molar-refractivity contribution in [3.63, 3.8) is 0 Å². The van der Waals surface area contributed by atoms with Gasteiger partial charge in [0.1, 0.15) is 17.2 Å². The second kappa shape index (κ2) is 9.63. The van der Waals surface area contributed by atoms with E-state index in [4.69, 9.17) is 4.74 Å². The first kappa shape index (κ1) is 23.2. The minimum Gasteiger partial charge on any atom is -0.495 e. The molecule has 0 bridgehead atoms. The van der Waals surface area contributed by atoms with E-state index < -0.39 is 28.7 Å². The van der Waals surface area contributed by atoms with Gasteiger partial charge in [-0.2, -0.15) is 13.2 Å². The first-order valence-corrected chi connectivity index (χ1v) is 10.0.